The maximum Gasteiger partial charge on any atom is 0.207 e. The van der Waals surface area contributed by atoms with Gasteiger partial charge in [0.15, 0.2) is 0 Å². The number of benzene rings is 1. The number of ether oxygens (including phenoxy) is 2. The lowest BCUT2D eigenvalue weighted by molar-refractivity contribution is -0.202. The molecule has 0 radical (unpaired) electrons. The normalized spacial score (nSPS) is 18.4. The first-order chi connectivity index (χ1) is 10.1. The van der Waals surface area contributed by atoms with Gasteiger partial charge in [0.05, 0.1) is 6.10 Å². The van der Waals surface area contributed by atoms with Crippen LogP contribution in [0.1, 0.15) is 64.4 Å². The van der Waals surface area contributed by atoms with Crippen molar-refractivity contribution in [1.82, 2.24) is 0 Å². The molecule has 1 saturated carbocycles. The Morgan fingerprint density at radius 3 is 2.48 bits per heavy atom. The summed E-state index contributed by atoms with van der Waals surface area (Å²) in [6, 6.07) is 8.05. The van der Waals surface area contributed by atoms with E-state index in [2.05, 4.69) is 20.4 Å². The van der Waals surface area contributed by atoms with E-state index >= 15 is 0 Å². The smallest absolute Gasteiger partial charge is 0.207 e. The van der Waals surface area contributed by atoms with E-state index in [1.165, 1.54) is 25.7 Å². The summed E-state index contributed by atoms with van der Waals surface area (Å²) in [5.41, 5.74) is 1.11. The Morgan fingerprint density at radius 1 is 1.24 bits per heavy atom. The highest BCUT2D eigenvalue weighted by atomic mass is 16.7. The fraction of sp³-hybridized carbons (Fsp3) is 0.579. The third kappa shape index (κ3) is 4.89. The Bertz CT molecular complexity index is 431. The zero-order valence-corrected chi connectivity index (χ0v) is 13.4. The molecular formula is C19H28O2. The third-order valence-corrected chi connectivity index (χ3v) is 4.15. The Labute approximate surface area is 129 Å². The highest BCUT2D eigenvalue weighted by molar-refractivity contribution is 5.48. The first-order valence-electron chi connectivity index (χ1n) is 8.24. The van der Waals surface area contributed by atoms with Crippen molar-refractivity contribution in [3.05, 3.63) is 36.4 Å². The van der Waals surface area contributed by atoms with E-state index in [4.69, 9.17) is 9.47 Å². The molecule has 1 aromatic rings. The zero-order valence-electron chi connectivity index (χ0n) is 13.4. The van der Waals surface area contributed by atoms with Gasteiger partial charge in [0.1, 0.15) is 5.75 Å². The monoisotopic (exact) mass is 288 g/mol. The van der Waals surface area contributed by atoms with Crippen LogP contribution in [0.15, 0.2) is 30.8 Å². The molecule has 116 valence electrons. The van der Waals surface area contributed by atoms with Crippen LogP contribution < -0.4 is 4.74 Å². The summed E-state index contributed by atoms with van der Waals surface area (Å²) in [5, 5.41) is 0. The van der Waals surface area contributed by atoms with Gasteiger partial charge >= 0.3 is 0 Å². The summed E-state index contributed by atoms with van der Waals surface area (Å²) in [7, 11) is 0. The summed E-state index contributed by atoms with van der Waals surface area (Å²) >= 11 is 0. The van der Waals surface area contributed by atoms with Crippen molar-refractivity contribution in [1.29, 1.82) is 0 Å². The SMILES string of the molecule is C=Cc1ccc(OC(C)(CCCC)OC2CCCC2)cc1. The fourth-order valence-electron chi connectivity index (χ4n) is 2.91. The predicted molar refractivity (Wildman–Crippen MR) is 88.4 cm³/mol. The van der Waals surface area contributed by atoms with E-state index in [0.717, 1.165) is 30.6 Å². The van der Waals surface area contributed by atoms with E-state index in [9.17, 15) is 0 Å². The second-order valence-electron chi connectivity index (χ2n) is 6.14. The van der Waals surface area contributed by atoms with Crippen molar-refractivity contribution >= 4 is 6.08 Å². The molecule has 1 unspecified atom stereocenters. The molecule has 0 heterocycles. The van der Waals surface area contributed by atoms with Gasteiger partial charge in [-0.2, -0.15) is 0 Å². The average molecular weight is 288 g/mol. The van der Waals surface area contributed by atoms with Crippen molar-refractivity contribution in [3.8, 4) is 5.75 Å². The van der Waals surface area contributed by atoms with E-state index in [-0.39, 0.29) is 0 Å². The van der Waals surface area contributed by atoms with Gasteiger partial charge in [0.2, 0.25) is 5.79 Å². The van der Waals surface area contributed by atoms with Gasteiger partial charge in [-0.3, -0.25) is 0 Å². The van der Waals surface area contributed by atoms with E-state index in [1.807, 2.05) is 30.3 Å². The van der Waals surface area contributed by atoms with Crippen molar-refractivity contribution < 1.29 is 9.47 Å². The van der Waals surface area contributed by atoms with Crippen molar-refractivity contribution in [2.75, 3.05) is 0 Å². The molecule has 0 saturated heterocycles. The molecule has 0 aromatic heterocycles. The molecule has 1 atom stereocenters. The van der Waals surface area contributed by atoms with Gasteiger partial charge < -0.3 is 9.47 Å². The quantitative estimate of drug-likeness (QED) is 0.582. The van der Waals surface area contributed by atoms with Crippen molar-refractivity contribution in [3.63, 3.8) is 0 Å². The molecule has 1 aliphatic carbocycles. The second-order valence-corrected chi connectivity index (χ2v) is 6.14. The second kappa shape index (κ2) is 7.65. The van der Waals surface area contributed by atoms with Gasteiger partial charge in [-0.15, -0.1) is 0 Å². The number of rotatable bonds is 8. The summed E-state index contributed by atoms with van der Waals surface area (Å²) in [6.07, 6.45) is 10.3. The molecule has 0 aliphatic heterocycles. The minimum absolute atomic E-state index is 0.360. The van der Waals surface area contributed by atoms with Crippen LogP contribution in [0.4, 0.5) is 0 Å². The van der Waals surface area contributed by atoms with Crippen LogP contribution in [0.3, 0.4) is 0 Å². The molecule has 0 spiro atoms. The lowest BCUT2D eigenvalue weighted by atomic mass is 10.1. The van der Waals surface area contributed by atoms with Crippen LogP contribution in [-0.2, 0) is 4.74 Å². The molecule has 1 aliphatic rings. The highest BCUT2D eigenvalue weighted by Crippen LogP contribution is 2.31. The molecular weight excluding hydrogens is 260 g/mol. The van der Waals surface area contributed by atoms with Crippen LogP contribution in [-0.4, -0.2) is 11.9 Å². The van der Waals surface area contributed by atoms with Crippen LogP contribution in [0, 0.1) is 0 Å². The van der Waals surface area contributed by atoms with Crippen LogP contribution in [0.2, 0.25) is 0 Å². The summed E-state index contributed by atoms with van der Waals surface area (Å²) in [6.45, 7) is 8.07. The number of hydrogen-bond acceptors (Lipinski definition) is 2. The lowest BCUT2D eigenvalue weighted by Crippen LogP contribution is -2.39. The van der Waals surface area contributed by atoms with Crippen LogP contribution >= 0.6 is 0 Å². The molecule has 0 amide bonds. The van der Waals surface area contributed by atoms with Crippen molar-refractivity contribution in [2.24, 2.45) is 0 Å². The molecule has 2 nitrogen and oxygen atoms in total. The molecule has 1 fully saturated rings. The van der Waals surface area contributed by atoms with Crippen LogP contribution in [0.25, 0.3) is 6.08 Å². The van der Waals surface area contributed by atoms with Gasteiger partial charge in [-0.25, -0.2) is 0 Å². The average Bonchev–Trinajstić information content (AvgIpc) is 2.98. The van der Waals surface area contributed by atoms with E-state index in [1.54, 1.807) is 0 Å². The van der Waals surface area contributed by atoms with E-state index < -0.39 is 5.79 Å². The molecule has 2 rings (SSSR count). The van der Waals surface area contributed by atoms with Crippen molar-refractivity contribution in [2.45, 2.75) is 70.7 Å². The first-order valence-corrected chi connectivity index (χ1v) is 8.24. The predicted octanol–water partition coefficient (Wildman–Crippen LogP) is 5.57. The minimum atomic E-state index is -0.513. The number of hydrogen-bond donors (Lipinski definition) is 0. The van der Waals surface area contributed by atoms with Gasteiger partial charge in [-0.1, -0.05) is 51.0 Å². The fourth-order valence-corrected chi connectivity index (χ4v) is 2.91. The first kappa shape index (κ1) is 16.1. The molecule has 0 bridgehead atoms. The van der Waals surface area contributed by atoms with Gasteiger partial charge in [0.25, 0.3) is 0 Å². The maximum atomic E-state index is 6.32. The topological polar surface area (TPSA) is 18.5 Å². The van der Waals surface area contributed by atoms with Gasteiger partial charge in [0, 0.05) is 13.3 Å². The minimum Gasteiger partial charge on any atom is -0.463 e. The molecule has 0 N–H and O–H groups in total. The molecule has 1 aromatic carbocycles. The third-order valence-electron chi connectivity index (χ3n) is 4.15. The maximum absolute atomic E-state index is 6.32. The highest BCUT2D eigenvalue weighted by Gasteiger charge is 2.31. The largest absolute Gasteiger partial charge is 0.463 e. The molecule has 21 heavy (non-hydrogen) atoms. The van der Waals surface area contributed by atoms with E-state index in [0.29, 0.717) is 6.10 Å². The zero-order chi connectivity index (χ0) is 15.1. The summed E-state index contributed by atoms with van der Waals surface area (Å²) in [4.78, 5) is 0. The molecule has 2 heteroatoms. The Hall–Kier alpha value is -1.28. The van der Waals surface area contributed by atoms with Crippen LogP contribution in [0.5, 0.6) is 5.75 Å². The lowest BCUT2D eigenvalue weighted by Gasteiger charge is -2.33. The number of unbranched alkanes of at least 4 members (excludes halogenated alkanes) is 1. The summed E-state index contributed by atoms with van der Waals surface area (Å²) in [5.74, 6) is 0.359. The van der Waals surface area contributed by atoms with Gasteiger partial charge in [-0.05, 0) is 37.0 Å². The Kier molecular flexibility index (Phi) is 5.86. The Morgan fingerprint density at radius 2 is 1.90 bits per heavy atom. The Balaban J connectivity index is 2.03. The standard InChI is InChI=1S/C19H28O2/c1-4-6-15-19(3,20-17-9-7-8-10-17)21-18-13-11-16(5-2)12-14-18/h5,11-14,17H,2,4,6-10,15H2,1,3H3. The summed E-state index contributed by atoms with van der Waals surface area (Å²) < 4.78 is 12.5.